The maximum Gasteiger partial charge on any atom is 0.252 e. The van der Waals surface area contributed by atoms with Crippen LogP contribution >= 0.6 is 43.2 Å². The van der Waals surface area contributed by atoms with E-state index in [4.69, 9.17) is 0 Å². The lowest BCUT2D eigenvalue weighted by molar-refractivity contribution is 0.179. The van der Waals surface area contributed by atoms with E-state index in [9.17, 15) is 8.42 Å². The first-order valence-corrected chi connectivity index (χ1v) is 11.7. The van der Waals surface area contributed by atoms with Crippen LogP contribution in [0, 0.1) is 5.92 Å². The molecular formula is C15H24Br2N2O2S2. The number of halogens is 2. The van der Waals surface area contributed by atoms with Gasteiger partial charge in [0.25, 0.3) is 10.0 Å². The first-order valence-electron chi connectivity index (χ1n) is 7.87. The van der Waals surface area contributed by atoms with Crippen LogP contribution in [0.3, 0.4) is 0 Å². The maximum atomic E-state index is 12.7. The highest BCUT2D eigenvalue weighted by Crippen LogP contribution is 2.36. The fourth-order valence-electron chi connectivity index (χ4n) is 2.67. The summed E-state index contributed by atoms with van der Waals surface area (Å²) in [4.78, 5) is 2.45. The largest absolute Gasteiger partial charge is 0.303 e. The molecule has 0 unspecified atom stereocenters. The predicted octanol–water partition coefficient (Wildman–Crippen LogP) is 4.40. The zero-order chi connectivity index (χ0) is 17.2. The molecule has 132 valence electrons. The summed E-state index contributed by atoms with van der Waals surface area (Å²) < 4.78 is 28.9. The average molecular weight is 488 g/mol. The van der Waals surface area contributed by atoms with Crippen LogP contribution in [0.5, 0.6) is 0 Å². The van der Waals surface area contributed by atoms with Gasteiger partial charge >= 0.3 is 0 Å². The van der Waals surface area contributed by atoms with Gasteiger partial charge in [-0.2, -0.15) is 4.31 Å². The van der Waals surface area contributed by atoms with Gasteiger partial charge in [0.1, 0.15) is 4.21 Å². The van der Waals surface area contributed by atoms with Crippen LogP contribution in [0.1, 0.15) is 33.1 Å². The Labute approximate surface area is 160 Å². The lowest BCUT2D eigenvalue weighted by Gasteiger charge is -2.32. The molecule has 1 fully saturated rings. The SMILES string of the molecule is CC1CCN(CC[C@@H](C)N(C)S(=O)(=O)c2cc(Br)c(Br)s2)CC1. The molecule has 0 radical (unpaired) electrons. The minimum atomic E-state index is -3.43. The smallest absolute Gasteiger partial charge is 0.252 e. The summed E-state index contributed by atoms with van der Waals surface area (Å²) in [5, 5.41) is 0. The summed E-state index contributed by atoms with van der Waals surface area (Å²) in [6.45, 7) is 7.52. The van der Waals surface area contributed by atoms with Gasteiger partial charge in [-0.25, -0.2) is 8.42 Å². The highest BCUT2D eigenvalue weighted by atomic mass is 79.9. The Balaban J connectivity index is 1.94. The van der Waals surface area contributed by atoms with Crippen molar-refractivity contribution >= 4 is 53.2 Å². The first-order chi connectivity index (χ1) is 10.7. The van der Waals surface area contributed by atoms with Crippen molar-refractivity contribution < 1.29 is 8.42 Å². The topological polar surface area (TPSA) is 40.6 Å². The van der Waals surface area contributed by atoms with Gasteiger partial charge in [0, 0.05) is 17.6 Å². The Morgan fingerprint density at radius 1 is 1.39 bits per heavy atom. The Bertz CT molecular complexity index is 606. The Hall–Kier alpha value is 0.530. The lowest BCUT2D eigenvalue weighted by Crippen LogP contribution is -2.39. The van der Waals surface area contributed by atoms with E-state index in [-0.39, 0.29) is 6.04 Å². The lowest BCUT2D eigenvalue weighted by atomic mass is 9.99. The molecule has 0 amide bonds. The minimum absolute atomic E-state index is 0.0148. The van der Waals surface area contributed by atoms with Gasteiger partial charge in [-0.05, 0) is 89.7 Å². The zero-order valence-electron chi connectivity index (χ0n) is 13.8. The number of sulfonamides is 1. The summed E-state index contributed by atoms with van der Waals surface area (Å²) in [6, 6.07) is 1.65. The number of piperidine rings is 1. The molecule has 1 atom stereocenters. The molecule has 0 aliphatic carbocycles. The predicted molar refractivity (Wildman–Crippen MR) is 104 cm³/mol. The number of nitrogens with zero attached hydrogens (tertiary/aromatic N) is 2. The third-order valence-electron chi connectivity index (χ3n) is 4.62. The molecule has 0 N–H and O–H groups in total. The van der Waals surface area contributed by atoms with Crippen molar-refractivity contribution in [3.63, 3.8) is 0 Å². The molecule has 1 aliphatic rings. The number of rotatable bonds is 6. The van der Waals surface area contributed by atoms with Crippen molar-refractivity contribution in [2.75, 3.05) is 26.7 Å². The highest BCUT2D eigenvalue weighted by molar-refractivity contribution is 9.13. The molecule has 1 aromatic rings. The summed E-state index contributed by atoms with van der Waals surface area (Å²) in [6.07, 6.45) is 3.36. The molecule has 1 saturated heterocycles. The van der Waals surface area contributed by atoms with Gasteiger partial charge in [0.05, 0.1) is 3.79 Å². The second kappa shape index (κ2) is 8.27. The third kappa shape index (κ3) is 5.01. The maximum absolute atomic E-state index is 12.7. The third-order valence-corrected chi connectivity index (χ3v) is 10.3. The molecule has 1 aliphatic heterocycles. The first kappa shape index (κ1) is 19.8. The Kier molecular flexibility index (Phi) is 7.14. The second-order valence-electron chi connectivity index (χ2n) is 6.37. The Morgan fingerprint density at radius 2 is 2.00 bits per heavy atom. The number of likely N-dealkylation sites (tertiary alicyclic amines) is 1. The fraction of sp³-hybridized carbons (Fsp3) is 0.733. The second-order valence-corrected chi connectivity index (χ2v) is 11.8. The van der Waals surface area contributed by atoms with E-state index < -0.39 is 10.0 Å². The number of hydrogen-bond donors (Lipinski definition) is 0. The van der Waals surface area contributed by atoms with E-state index in [2.05, 4.69) is 43.7 Å². The fourth-order valence-corrected chi connectivity index (χ4v) is 7.07. The van der Waals surface area contributed by atoms with E-state index >= 15 is 0 Å². The average Bonchev–Trinajstić information content (AvgIpc) is 2.86. The van der Waals surface area contributed by atoms with Crippen LogP contribution in [0.2, 0.25) is 0 Å². The molecule has 1 aromatic heterocycles. The molecule has 0 spiro atoms. The van der Waals surface area contributed by atoms with Crippen LogP contribution in [0.25, 0.3) is 0 Å². The van der Waals surface area contributed by atoms with Crippen molar-refractivity contribution in [2.45, 2.75) is 43.4 Å². The van der Waals surface area contributed by atoms with Gasteiger partial charge in [-0.15, -0.1) is 11.3 Å². The molecule has 0 bridgehead atoms. The van der Waals surface area contributed by atoms with E-state index in [1.165, 1.54) is 28.5 Å². The zero-order valence-corrected chi connectivity index (χ0v) is 18.6. The molecule has 23 heavy (non-hydrogen) atoms. The van der Waals surface area contributed by atoms with E-state index in [1.54, 1.807) is 13.1 Å². The molecule has 2 rings (SSSR count). The van der Waals surface area contributed by atoms with Crippen molar-refractivity contribution in [2.24, 2.45) is 5.92 Å². The van der Waals surface area contributed by atoms with Crippen molar-refractivity contribution in [3.05, 3.63) is 14.3 Å². The van der Waals surface area contributed by atoms with Crippen LogP contribution in [-0.2, 0) is 10.0 Å². The van der Waals surface area contributed by atoms with E-state index in [0.717, 1.165) is 40.2 Å². The Morgan fingerprint density at radius 3 is 2.52 bits per heavy atom. The number of hydrogen-bond acceptors (Lipinski definition) is 4. The van der Waals surface area contributed by atoms with Gasteiger partial charge in [0.2, 0.25) is 0 Å². The van der Waals surface area contributed by atoms with Gasteiger partial charge < -0.3 is 4.90 Å². The van der Waals surface area contributed by atoms with Gasteiger partial charge in [-0.1, -0.05) is 6.92 Å². The normalized spacial score (nSPS) is 19.4. The molecule has 0 saturated carbocycles. The molecule has 4 nitrogen and oxygen atoms in total. The van der Waals surface area contributed by atoms with Crippen LogP contribution < -0.4 is 0 Å². The highest BCUT2D eigenvalue weighted by Gasteiger charge is 2.28. The van der Waals surface area contributed by atoms with Gasteiger partial charge in [-0.3, -0.25) is 0 Å². The van der Waals surface area contributed by atoms with Crippen molar-refractivity contribution in [3.8, 4) is 0 Å². The van der Waals surface area contributed by atoms with Crippen LogP contribution in [0.4, 0.5) is 0 Å². The summed E-state index contributed by atoms with van der Waals surface area (Å²) >= 11 is 7.96. The van der Waals surface area contributed by atoms with Crippen LogP contribution in [-0.4, -0.2) is 50.3 Å². The summed E-state index contributed by atoms with van der Waals surface area (Å²) in [7, 11) is -1.75. The van der Waals surface area contributed by atoms with E-state index in [1.807, 2.05) is 6.92 Å². The van der Waals surface area contributed by atoms with Gasteiger partial charge in [0.15, 0.2) is 0 Å². The van der Waals surface area contributed by atoms with Crippen LogP contribution in [0.15, 0.2) is 18.5 Å². The quantitative estimate of drug-likeness (QED) is 0.596. The van der Waals surface area contributed by atoms with Crippen molar-refractivity contribution in [1.82, 2.24) is 9.21 Å². The standard InChI is InChI=1S/C15H24Br2N2O2S2/c1-11-4-7-19(8-5-11)9-6-12(2)18(3)23(20,21)14-10-13(16)15(17)22-14/h10-12H,4-9H2,1-3H3/t12-/m1/s1. The molecule has 2 heterocycles. The molecule has 0 aromatic carbocycles. The minimum Gasteiger partial charge on any atom is -0.303 e. The monoisotopic (exact) mass is 486 g/mol. The number of thiophene rings is 1. The summed E-state index contributed by atoms with van der Waals surface area (Å²) in [5.41, 5.74) is 0. The molecule has 8 heteroatoms. The van der Waals surface area contributed by atoms with E-state index in [0.29, 0.717) is 4.21 Å². The summed E-state index contributed by atoms with van der Waals surface area (Å²) in [5.74, 6) is 0.822. The van der Waals surface area contributed by atoms with Crippen molar-refractivity contribution in [1.29, 1.82) is 0 Å². The molecular weight excluding hydrogens is 464 g/mol.